The van der Waals surface area contributed by atoms with Gasteiger partial charge in [-0.2, -0.15) is 0 Å². The molecule has 0 bridgehead atoms. The maximum Gasteiger partial charge on any atom is 0.439 e. The summed E-state index contributed by atoms with van der Waals surface area (Å²) in [5.41, 5.74) is 4.24. The van der Waals surface area contributed by atoms with Crippen LogP contribution in [-0.4, -0.2) is 34.0 Å². The van der Waals surface area contributed by atoms with Gasteiger partial charge < -0.3 is 14.2 Å². The van der Waals surface area contributed by atoms with Crippen molar-refractivity contribution in [2.24, 2.45) is 0 Å². The van der Waals surface area contributed by atoms with Crippen LogP contribution in [0, 0.1) is 0 Å². The van der Waals surface area contributed by atoms with E-state index in [0.717, 1.165) is 54.8 Å². The number of benzene rings is 2. The summed E-state index contributed by atoms with van der Waals surface area (Å²) < 4.78 is 16.8. The summed E-state index contributed by atoms with van der Waals surface area (Å²) >= 11 is 13.0. The molecule has 4 aromatic rings. The minimum Gasteiger partial charge on any atom is -0.373 e. The molecule has 0 unspecified atom stereocenters. The molecule has 1 saturated carbocycles. The molecule has 1 aliphatic heterocycles. The number of aromatic amines is 1. The fourth-order valence-electron chi connectivity index (χ4n) is 5.08. The molecule has 37 heavy (non-hydrogen) atoms. The Hall–Kier alpha value is -3.07. The first kappa shape index (κ1) is 24.3. The molecule has 192 valence electrons. The Bertz CT molecular complexity index is 1440. The Labute approximate surface area is 223 Å². The van der Waals surface area contributed by atoms with Crippen molar-refractivity contribution in [3.63, 3.8) is 0 Å². The largest absolute Gasteiger partial charge is 0.439 e. The lowest BCUT2D eigenvalue weighted by Crippen LogP contribution is -2.43. The summed E-state index contributed by atoms with van der Waals surface area (Å²) in [6.07, 6.45) is 4.10. The highest BCUT2D eigenvalue weighted by Crippen LogP contribution is 2.46. The highest BCUT2D eigenvalue weighted by Gasteiger charge is 2.34. The van der Waals surface area contributed by atoms with E-state index in [4.69, 9.17) is 32.5 Å². The molecule has 2 fully saturated rings. The third kappa shape index (κ3) is 4.93. The van der Waals surface area contributed by atoms with Gasteiger partial charge in [-0.1, -0.05) is 39.6 Å². The van der Waals surface area contributed by atoms with Gasteiger partial charge in [0.25, 0.3) is 0 Å². The standard InChI is InChI=1S/C27H26Cl2N4O4/c1-15-13-19(11-12-33(15)18-9-7-17(8-10-18)26-30-27(34)37-32-26)35-14-20-24(31-36-25(20)16-5-6-16)23-21(28)3-2-4-22(23)29/h2-4,7-10,15-16,19H,5-6,11-14H2,1H3,(H,30,32,34)/t15-,19-/m0/s1. The van der Waals surface area contributed by atoms with Crippen LogP contribution in [0.3, 0.4) is 0 Å². The van der Waals surface area contributed by atoms with Crippen LogP contribution in [0.5, 0.6) is 0 Å². The van der Waals surface area contributed by atoms with Crippen molar-refractivity contribution in [3.05, 3.63) is 74.4 Å². The van der Waals surface area contributed by atoms with Crippen LogP contribution in [0.4, 0.5) is 5.69 Å². The predicted octanol–water partition coefficient (Wildman–Crippen LogP) is 6.44. The summed E-state index contributed by atoms with van der Waals surface area (Å²) in [6, 6.07) is 13.7. The van der Waals surface area contributed by atoms with Crippen molar-refractivity contribution in [1.29, 1.82) is 0 Å². The molecule has 1 N–H and O–H groups in total. The highest BCUT2D eigenvalue weighted by atomic mass is 35.5. The van der Waals surface area contributed by atoms with Gasteiger partial charge in [-0.15, -0.1) is 0 Å². The van der Waals surface area contributed by atoms with Crippen LogP contribution in [-0.2, 0) is 11.3 Å². The lowest BCUT2D eigenvalue weighted by molar-refractivity contribution is 0.0175. The SMILES string of the molecule is C[C@H]1C[C@@H](OCc2c(-c3c(Cl)cccc3Cl)noc2C2CC2)CCN1c1ccc(-c2noc(=O)[nH]2)cc1. The molecule has 2 atom stereocenters. The zero-order valence-corrected chi connectivity index (χ0v) is 21.8. The molecule has 10 heteroatoms. The van der Waals surface area contributed by atoms with Crippen LogP contribution in [0.15, 0.2) is 56.3 Å². The van der Waals surface area contributed by atoms with Crippen molar-refractivity contribution in [3.8, 4) is 22.6 Å². The first-order valence-corrected chi connectivity index (χ1v) is 13.2. The normalized spacial score (nSPS) is 19.9. The number of ether oxygens (including phenoxy) is 1. The summed E-state index contributed by atoms with van der Waals surface area (Å²) in [4.78, 5) is 16.2. The van der Waals surface area contributed by atoms with Crippen molar-refractivity contribution < 1.29 is 13.8 Å². The Morgan fingerprint density at radius 1 is 1.05 bits per heavy atom. The lowest BCUT2D eigenvalue weighted by atomic mass is 9.99. The molecule has 6 rings (SSSR count). The van der Waals surface area contributed by atoms with Crippen LogP contribution >= 0.6 is 23.2 Å². The van der Waals surface area contributed by atoms with Crippen molar-refractivity contribution >= 4 is 28.9 Å². The van der Waals surface area contributed by atoms with Gasteiger partial charge in [0, 0.05) is 40.9 Å². The molecule has 3 heterocycles. The quantitative estimate of drug-likeness (QED) is 0.287. The Morgan fingerprint density at radius 3 is 2.46 bits per heavy atom. The molecule has 2 aliphatic rings. The second-order valence-corrected chi connectivity index (χ2v) is 10.5. The number of H-pyrrole nitrogens is 1. The van der Waals surface area contributed by atoms with Gasteiger partial charge in [0.05, 0.1) is 22.8 Å². The van der Waals surface area contributed by atoms with E-state index >= 15 is 0 Å². The zero-order chi connectivity index (χ0) is 25.5. The molecule has 1 aliphatic carbocycles. The van der Waals surface area contributed by atoms with Crippen molar-refractivity contribution in [1.82, 2.24) is 15.3 Å². The van der Waals surface area contributed by atoms with Crippen LogP contribution in [0.25, 0.3) is 22.6 Å². The number of hydrogen-bond acceptors (Lipinski definition) is 7. The third-order valence-corrected chi connectivity index (χ3v) is 7.80. The number of nitrogens with one attached hydrogen (secondary N) is 1. The Morgan fingerprint density at radius 2 is 1.81 bits per heavy atom. The topological polar surface area (TPSA) is 97.4 Å². The van der Waals surface area contributed by atoms with Crippen LogP contribution < -0.4 is 10.7 Å². The van der Waals surface area contributed by atoms with E-state index in [1.807, 2.05) is 42.5 Å². The highest BCUT2D eigenvalue weighted by molar-refractivity contribution is 6.39. The Kier molecular flexibility index (Phi) is 6.56. The number of hydrogen-bond donors (Lipinski definition) is 1. The second kappa shape index (κ2) is 10.0. The summed E-state index contributed by atoms with van der Waals surface area (Å²) in [5, 5.41) is 9.22. The molecule has 2 aromatic carbocycles. The number of nitrogens with zero attached hydrogens (tertiary/aromatic N) is 3. The van der Waals surface area contributed by atoms with Gasteiger partial charge in [0.1, 0.15) is 11.5 Å². The van der Waals surface area contributed by atoms with Crippen molar-refractivity contribution in [2.45, 2.75) is 57.3 Å². The minimum absolute atomic E-state index is 0.113. The smallest absolute Gasteiger partial charge is 0.373 e. The fraction of sp³-hybridized carbons (Fsp3) is 0.370. The summed E-state index contributed by atoms with van der Waals surface area (Å²) in [7, 11) is 0. The van der Waals surface area contributed by atoms with Gasteiger partial charge in [-0.05, 0) is 69.0 Å². The molecule has 8 nitrogen and oxygen atoms in total. The number of halogens is 2. The second-order valence-electron chi connectivity index (χ2n) is 9.74. The van der Waals surface area contributed by atoms with Crippen molar-refractivity contribution in [2.75, 3.05) is 11.4 Å². The first-order valence-electron chi connectivity index (χ1n) is 12.5. The van der Waals surface area contributed by atoms with E-state index in [-0.39, 0.29) is 6.10 Å². The lowest BCUT2D eigenvalue weighted by Gasteiger charge is -2.39. The Balaban J connectivity index is 1.14. The summed E-state index contributed by atoms with van der Waals surface area (Å²) in [6.45, 7) is 3.49. The molecule has 0 amide bonds. The predicted molar refractivity (Wildman–Crippen MR) is 141 cm³/mol. The minimum atomic E-state index is -0.563. The zero-order valence-electron chi connectivity index (χ0n) is 20.2. The fourth-order valence-corrected chi connectivity index (χ4v) is 5.65. The maximum absolute atomic E-state index is 11.2. The van der Waals surface area contributed by atoms with Gasteiger partial charge in [0.2, 0.25) is 0 Å². The third-order valence-electron chi connectivity index (χ3n) is 7.17. The number of piperidine rings is 1. The molecule has 1 saturated heterocycles. The van der Waals surface area contributed by atoms with E-state index in [1.54, 1.807) is 0 Å². The monoisotopic (exact) mass is 540 g/mol. The van der Waals surface area contributed by atoms with Gasteiger partial charge in [-0.25, -0.2) is 4.79 Å². The molecule has 2 aromatic heterocycles. The number of rotatable bonds is 7. The van der Waals surface area contributed by atoms with E-state index < -0.39 is 5.76 Å². The van der Waals surface area contributed by atoms with Gasteiger partial charge in [0.15, 0.2) is 5.82 Å². The van der Waals surface area contributed by atoms with E-state index in [1.165, 1.54) is 0 Å². The number of anilines is 1. The molecule has 0 radical (unpaired) electrons. The van der Waals surface area contributed by atoms with E-state index in [2.05, 4.69) is 31.6 Å². The van der Waals surface area contributed by atoms with Crippen LogP contribution in [0.1, 0.15) is 49.8 Å². The maximum atomic E-state index is 11.2. The molecule has 0 spiro atoms. The average molecular weight is 541 g/mol. The number of aromatic nitrogens is 3. The van der Waals surface area contributed by atoms with E-state index in [0.29, 0.717) is 45.7 Å². The van der Waals surface area contributed by atoms with E-state index in [9.17, 15) is 4.79 Å². The van der Waals surface area contributed by atoms with Crippen LogP contribution in [0.2, 0.25) is 10.0 Å². The average Bonchev–Trinajstić information content (AvgIpc) is 3.51. The first-order chi connectivity index (χ1) is 18.0. The molecular weight excluding hydrogens is 515 g/mol. The van der Waals surface area contributed by atoms with Gasteiger partial charge in [-0.3, -0.25) is 9.51 Å². The molecular formula is C27H26Cl2N4O4. The summed E-state index contributed by atoms with van der Waals surface area (Å²) in [5.74, 6) is 1.14. The van der Waals surface area contributed by atoms with Gasteiger partial charge >= 0.3 is 5.76 Å².